The lowest BCUT2D eigenvalue weighted by Crippen LogP contribution is -2.03. The first kappa shape index (κ1) is 13.3. The number of hydrogen-bond donors (Lipinski definition) is 1. The molecule has 18 heavy (non-hydrogen) atoms. The van der Waals surface area contributed by atoms with Crippen LogP contribution in [0.5, 0.6) is 0 Å². The van der Waals surface area contributed by atoms with E-state index in [2.05, 4.69) is 0 Å². The van der Waals surface area contributed by atoms with Crippen molar-refractivity contribution in [2.45, 2.75) is 6.42 Å². The minimum atomic E-state index is -0.337. The Hall–Kier alpha value is -1.09. The van der Waals surface area contributed by atoms with Gasteiger partial charge in [0.2, 0.25) is 0 Å². The van der Waals surface area contributed by atoms with Crippen LogP contribution in [0.4, 0.5) is 4.39 Å². The van der Waals surface area contributed by atoms with Crippen molar-refractivity contribution in [3.63, 3.8) is 0 Å². The summed E-state index contributed by atoms with van der Waals surface area (Å²) in [6, 6.07) is 10.1. The molecule has 0 saturated carbocycles. The van der Waals surface area contributed by atoms with Gasteiger partial charge in [0, 0.05) is 21.2 Å². The van der Waals surface area contributed by atoms with Gasteiger partial charge in [-0.1, -0.05) is 41.4 Å². The molecule has 0 unspecified atom stereocenters. The van der Waals surface area contributed by atoms with Gasteiger partial charge in [0.1, 0.15) is 5.82 Å². The molecule has 94 valence electrons. The molecule has 0 aromatic heterocycles. The Morgan fingerprint density at radius 2 is 1.72 bits per heavy atom. The molecule has 2 N–H and O–H groups in total. The first-order valence-corrected chi connectivity index (χ1v) is 6.32. The summed E-state index contributed by atoms with van der Waals surface area (Å²) >= 11 is 12.1. The van der Waals surface area contributed by atoms with Gasteiger partial charge in [-0.3, -0.25) is 0 Å². The third-order valence-corrected chi connectivity index (χ3v) is 3.33. The number of halogens is 3. The summed E-state index contributed by atoms with van der Waals surface area (Å²) < 4.78 is 14.1. The Balaban J connectivity index is 2.51. The molecule has 0 saturated heterocycles. The summed E-state index contributed by atoms with van der Waals surface area (Å²) in [6.07, 6.45) is 0.646. The van der Waals surface area contributed by atoms with E-state index >= 15 is 0 Å². The standard InChI is InChI=1S/C14H12Cl2FN/c15-11-2-1-3-12(16)14(11)10-5-4-9(6-7-18)8-13(10)17/h1-5,8H,6-7,18H2. The molecule has 0 aliphatic rings. The van der Waals surface area contributed by atoms with Crippen molar-refractivity contribution >= 4 is 23.2 Å². The van der Waals surface area contributed by atoms with Crippen LogP contribution in [0.15, 0.2) is 36.4 Å². The van der Waals surface area contributed by atoms with E-state index in [-0.39, 0.29) is 5.82 Å². The third kappa shape index (κ3) is 2.66. The molecule has 0 bridgehead atoms. The molecule has 1 nitrogen and oxygen atoms in total. The maximum Gasteiger partial charge on any atom is 0.131 e. The molecule has 4 heteroatoms. The maximum atomic E-state index is 14.1. The minimum Gasteiger partial charge on any atom is -0.330 e. The smallest absolute Gasteiger partial charge is 0.131 e. The Morgan fingerprint density at radius 3 is 2.28 bits per heavy atom. The summed E-state index contributed by atoms with van der Waals surface area (Å²) in [5, 5.41) is 0.876. The molecule has 0 aliphatic carbocycles. The molecule has 0 atom stereocenters. The molecule has 0 aliphatic heterocycles. The highest BCUT2D eigenvalue weighted by molar-refractivity contribution is 6.39. The molecule has 0 spiro atoms. The van der Waals surface area contributed by atoms with Crippen molar-refractivity contribution in [1.29, 1.82) is 0 Å². The third-order valence-electron chi connectivity index (χ3n) is 2.70. The SMILES string of the molecule is NCCc1ccc(-c2c(Cl)cccc2Cl)c(F)c1. The second kappa shape index (κ2) is 5.70. The highest BCUT2D eigenvalue weighted by atomic mass is 35.5. The molecular weight excluding hydrogens is 272 g/mol. The quantitative estimate of drug-likeness (QED) is 0.893. The van der Waals surface area contributed by atoms with Gasteiger partial charge in [-0.25, -0.2) is 4.39 Å². The van der Waals surface area contributed by atoms with Crippen LogP contribution >= 0.6 is 23.2 Å². The molecule has 0 amide bonds. The van der Waals surface area contributed by atoms with Crippen molar-refractivity contribution in [2.75, 3.05) is 6.54 Å². The van der Waals surface area contributed by atoms with Crippen molar-refractivity contribution in [3.8, 4) is 11.1 Å². The molecule has 0 heterocycles. The van der Waals surface area contributed by atoms with E-state index in [4.69, 9.17) is 28.9 Å². The highest BCUT2D eigenvalue weighted by Gasteiger charge is 2.12. The van der Waals surface area contributed by atoms with Gasteiger partial charge in [0.25, 0.3) is 0 Å². The fraction of sp³-hybridized carbons (Fsp3) is 0.143. The predicted molar refractivity (Wildman–Crippen MR) is 74.6 cm³/mol. The average Bonchev–Trinajstić information content (AvgIpc) is 2.32. The Morgan fingerprint density at radius 1 is 1.06 bits per heavy atom. The van der Waals surface area contributed by atoms with Crippen molar-refractivity contribution in [2.24, 2.45) is 5.73 Å². The van der Waals surface area contributed by atoms with Gasteiger partial charge in [-0.05, 0) is 36.7 Å². The normalized spacial score (nSPS) is 10.7. The van der Waals surface area contributed by atoms with Crippen LogP contribution in [-0.4, -0.2) is 6.54 Å². The average molecular weight is 284 g/mol. The van der Waals surface area contributed by atoms with E-state index in [1.807, 2.05) is 6.07 Å². The van der Waals surface area contributed by atoms with Gasteiger partial charge in [-0.2, -0.15) is 0 Å². The molecular formula is C14H12Cl2FN. The van der Waals surface area contributed by atoms with Gasteiger partial charge in [0.15, 0.2) is 0 Å². The zero-order valence-electron chi connectivity index (χ0n) is 9.59. The molecule has 2 rings (SSSR count). The Kier molecular flexibility index (Phi) is 4.23. The summed E-state index contributed by atoms with van der Waals surface area (Å²) in [4.78, 5) is 0. The van der Waals surface area contributed by atoms with Crippen molar-refractivity contribution < 1.29 is 4.39 Å². The Labute approximate surface area is 115 Å². The zero-order chi connectivity index (χ0) is 13.1. The predicted octanol–water partition coefficient (Wildman–Crippen LogP) is 4.30. The van der Waals surface area contributed by atoms with Crippen molar-refractivity contribution in [1.82, 2.24) is 0 Å². The fourth-order valence-electron chi connectivity index (χ4n) is 1.84. The summed E-state index contributed by atoms with van der Waals surface area (Å²) in [6.45, 7) is 0.492. The van der Waals surface area contributed by atoms with Gasteiger partial charge in [-0.15, -0.1) is 0 Å². The van der Waals surface area contributed by atoms with E-state index in [1.165, 1.54) is 6.07 Å². The topological polar surface area (TPSA) is 26.0 Å². The zero-order valence-corrected chi connectivity index (χ0v) is 11.1. The van der Waals surface area contributed by atoms with E-state index in [0.29, 0.717) is 34.1 Å². The van der Waals surface area contributed by atoms with Crippen LogP contribution in [0.1, 0.15) is 5.56 Å². The maximum absolute atomic E-state index is 14.1. The largest absolute Gasteiger partial charge is 0.330 e. The second-order valence-corrected chi connectivity index (χ2v) is 4.76. The molecule has 2 aromatic carbocycles. The van der Waals surface area contributed by atoms with Crippen LogP contribution in [-0.2, 0) is 6.42 Å². The van der Waals surface area contributed by atoms with Gasteiger partial charge >= 0.3 is 0 Å². The van der Waals surface area contributed by atoms with E-state index in [9.17, 15) is 4.39 Å². The second-order valence-electron chi connectivity index (χ2n) is 3.95. The minimum absolute atomic E-state index is 0.337. The van der Waals surface area contributed by atoms with E-state index < -0.39 is 0 Å². The van der Waals surface area contributed by atoms with Crippen LogP contribution in [0.25, 0.3) is 11.1 Å². The van der Waals surface area contributed by atoms with Crippen LogP contribution in [0, 0.1) is 5.82 Å². The van der Waals surface area contributed by atoms with Crippen LogP contribution in [0.3, 0.4) is 0 Å². The van der Waals surface area contributed by atoms with Crippen LogP contribution in [0.2, 0.25) is 10.0 Å². The summed E-state index contributed by atoms with van der Waals surface area (Å²) in [5.74, 6) is -0.337. The lowest BCUT2D eigenvalue weighted by molar-refractivity contribution is 0.629. The van der Waals surface area contributed by atoms with Gasteiger partial charge < -0.3 is 5.73 Å². The lowest BCUT2D eigenvalue weighted by atomic mass is 10.0. The van der Waals surface area contributed by atoms with Crippen LogP contribution < -0.4 is 5.73 Å². The first-order valence-electron chi connectivity index (χ1n) is 5.56. The molecule has 0 fully saturated rings. The molecule has 2 aromatic rings. The first-order chi connectivity index (χ1) is 8.63. The Bertz CT molecular complexity index is 549. The van der Waals surface area contributed by atoms with E-state index in [0.717, 1.165) is 5.56 Å². The number of hydrogen-bond acceptors (Lipinski definition) is 1. The number of rotatable bonds is 3. The lowest BCUT2D eigenvalue weighted by Gasteiger charge is -2.09. The summed E-state index contributed by atoms with van der Waals surface area (Å²) in [5.41, 5.74) is 7.24. The van der Waals surface area contributed by atoms with Gasteiger partial charge in [0.05, 0.1) is 0 Å². The molecule has 0 radical (unpaired) electrons. The number of benzene rings is 2. The summed E-state index contributed by atoms with van der Waals surface area (Å²) in [7, 11) is 0. The highest BCUT2D eigenvalue weighted by Crippen LogP contribution is 2.36. The monoisotopic (exact) mass is 283 g/mol. The van der Waals surface area contributed by atoms with E-state index in [1.54, 1.807) is 24.3 Å². The van der Waals surface area contributed by atoms with Crippen molar-refractivity contribution in [3.05, 3.63) is 57.8 Å². The number of nitrogens with two attached hydrogens (primary N) is 1. The fourth-order valence-corrected chi connectivity index (χ4v) is 2.44.